The highest BCUT2D eigenvalue weighted by atomic mass is 16.5. The van der Waals surface area contributed by atoms with Crippen molar-refractivity contribution >= 4 is 0 Å². The maximum absolute atomic E-state index is 5.77. The Hall–Kier alpha value is -2.00. The zero-order valence-electron chi connectivity index (χ0n) is 10.4. The summed E-state index contributed by atoms with van der Waals surface area (Å²) < 4.78 is 10.9. The summed E-state index contributed by atoms with van der Waals surface area (Å²) in [5.41, 5.74) is 6.72. The predicted octanol–water partition coefficient (Wildman–Crippen LogP) is 2.99. The number of nitrogens with two attached hydrogens (primary N) is 1. The fourth-order valence-corrected chi connectivity index (χ4v) is 1.71. The van der Waals surface area contributed by atoms with Crippen molar-refractivity contribution in [3.05, 3.63) is 54.1 Å². The normalized spacial score (nSPS) is 10.1. The van der Waals surface area contributed by atoms with E-state index in [0.717, 1.165) is 23.7 Å². The average molecular weight is 243 g/mol. The van der Waals surface area contributed by atoms with Crippen molar-refractivity contribution in [2.75, 3.05) is 13.7 Å². The van der Waals surface area contributed by atoms with Crippen LogP contribution in [0.2, 0.25) is 0 Å². The minimum absolute atomic E-state index is 0.645. The van der Waals surface area contributed by atoms with Crippen LogP contribution in [0.3, 0.4) is 0 Å². The van der Waals surface area contributed by atoms with Gasteiger partial charge in [0.1, 0.15) is 17.2 Å². The van der Waals surface area contributed by atoms with E-state index in [0.29, 0.717) is 6.54 Å². The van der Waals surface area contributed by atoms with Gasteiger partial charge in [-0.15, -0.1) is 0 Å². The minimum Gasteiger partial charge on any atom is -0.497 e. The Morgan fingerprint density at radius 2 is 1.67 bits per heavy atom. The molecule has 2 rings (SSSR count). The molecule has 0 radical (unpaired) electrons. The molecule has 0 atom stereocenters. The Balaban J connectivity index is 2.09. The second kappa shape index (κ2) is 6.07. The maximum atomic E-state index is 5.77. The van der Waals surface area contributed by atoms with Gasteiger partial charge >= 0.3 is 0 Å². The zero-order valence-corrected chi connectivity index (χ0v) is 10.4. The van der Waals surface area contributed by atoms with Gasteiger partial charge in [0.15, 0.2) is 0 Å². The molecule has 0 aliphatic heterocycles. The Kier molecular flexibility index (Phi) is 4.20. The fourth-order valence-electron chi connectivity index (χ4n) is 1.71. The average Bonchev–Trinajstić information content (AvgIpc) is 2.40. The molecule has 2 aromatic rings. The molecule has 94 valence electrons. The van der Waals surface area contributed by atoms with Gasteiger partial charge in [0.25, 0.3) is 0 Å². The Bertz CT molecular complexity index is 494. The van der Waals surface area contributed by atoms with Crippen LogP contribution in [-0.2, 0) is 6.42 Å². The summed E-state index contributed by atoms with van der Waals surface area (Å²) in [4.78, 5) is 0. The summed E-state index contributed by atoms with van der Waals surface area (Å²) in [6, 6.07) is 15.5. The minimum atomic E-state index is 0.645. The van der Waals surface area contributed by atoms with Gasteiger partial charge in [0.05, 0.1) is 7.11 Å². The summed E-state index contributed by atoms with van der Waals surface area (Å²) in [5.74, 6) is 2.44. The third kappa shape index (κ3) is 3.25. The second-order valence-electron chi connectivity index (χ2n) is 3.96. The van der Waals surface area contributed by atoms with Crippen molar-refractivity contribution in [1.82, 2.24) is 0 Å². The van der Waals surface area contributed by atoms with Crippen LogP contribution in [0, 0.1) is 0 Å². The third-order valence-electron chi connectivity index (χ3n) is 2.63. The summed E-state index contributed by atoms with van der Waals surface area (Å²) >= 11 is 0. The van der Waals surface area contributed by atoms with E-state index in [4.69, 9.17) is 15.2 Å². The van der Waals surface area contributed by atoms with Crippen molar-refractivity contribution < 1.29 is 9.47 Å². The standard InChI is InChI=1S/C15H17NO2/c1-17-13-5-7-14(8-6-13)18-15-4-2-3-12(11-15)9-10-16/h2-8,11H,9-10,16H2,1H3. The van der Waals surface area contributed by atoms with E-state index in [9.17, 15) is 0 Å². The number of hydrogen-bond donors (Lipinski definition) is 1. The number of benzene rings is 2. The lowest BCUT2D eigenvalue weighted by Crippen LogP contribution is -2.02. The number of ether oxygens (including phenoxy) is 2. The second-order valence-corrected chi connectivity index (χ2v) is 3.96. The van der Waals surface area contributed by atoms with Crippen molar-refractivity contribution in [1.29, 1.82) is 0 Å². The lowest BCUT2D eigenvalue weighted by Gasteiger charge is -2.08. The van der Waals surface area contributed by atoms with Gasteiger partial charge in [-0.3, -0.25) is 0 Å². The molecular formula is C15H17NO2. The van der Waals surface area contributed by atoms with E-state index in [1.807, 2.05) is 48.5 Å². The summed E-state index contributed by atoms with van der Waals surface area (Å²) in [5, 5.41) is 0. The van der Waals surface area contributed by atoms with Crippen molar-refractivity contribution in [3.63, 3.8) is 0 Å². The molecule has 0 aliphatic carbocycles. The van der Waals surface area contributed by atoms with E-state index in [1.165, 1.54) is 5.56 Å². The zero-order chi connectivity index (χ0) is 12.8. The Morgan fingerprint density at radius 1 is 0.944 bits per heavy atom. The van der Waals surface area contributed by atoms with Gasteiger partial charge in [-0.25, -0.2) is 0 Å². The van der Waals surface area contributed by atoms with Crippen LogP contribution in [0.25, 0.3) is 0 Å². The first kappa shape index (κ1) is 12.5. The molecule has 0 unspecified atom stereocenters. The Labute approximate surface area is 107 Å². The van der Waals surface area contributed by atoms with Crippen molar-refractivity contribution in [2.24, 2.45) is 5.73 Å². The van der Waals surface area contributed by atoms with E-state index >= 15 is 0 Å². The molecule has 0 saturated heterocycles. The molecule has 0 heterocycles. The number of hydrogen-bond acceptors (Lipinski definition) is 3. The third-order valence-corrected chi connectivity index (χ3v) is 2.63. The first-order valence-corrected chi connectivity index (χ1v) is 5.93. The van der Waals surface area contributed by atoms with Crippen LogP contribution in [-0.4, -0.2) is 13.7 Å². The molecule has 2 aromatic carbocycles. The topological polar surface area (TPSA) is 44.5 Å². The first-order valence-electron chi connectivity index (χ1n) is 5.93. The monoisotopic (exact) mass is 243 g/mol. The predicted molar refractivity (Wildman–Crippen MR) is 72.3 cm³/mol. The molecule has 0 bridgehead atoms. The van der Waals surface area contributed by atoms with Gasteiger partial charge in [-0.2, -0.15) is 0 Å². The SMILES string of the molecule is COc1ccc(Oc2cccc(CCN)c2)cc1. The molecule has 0 aliphatic rings. The highest BCUT2D eigenvalue weighted by Crippen LogP contribution is 2.24. The van der Waals surface area contributed by atoms with Gasteiger partial charge in [-0.1, -0.05) is 12.1 Å². The van der Waals surface area contributed by atoms with E-state index in [1.54, 1.807) is 7.11 Å². The van der Waals surface area contributed by atoms with Crippen LogP contribution in [0.4, 0.5) is 0 Å². The van der Waals surface area contributed by atoms with Crippen molar-refractivity contribution in [2.45, 2.75) is 6.42 Å². The molecular weight excluding hydrogens is 226 g/mol. The fraction of sp³-hybridized carbons (Fsp3) is 0.200. The summed E-state index contributed by atoms with van der Waals surface area (Å²) in [6.07, 6.45) is 0.861. The highest BCUT2D eigenvalue weighted by molar-refractivity contribution is 5.36. The van der Waals surface area contributed by atoms with Crippen molar-refractivity contribution in [3.8, 4) is 17.2 Å². The summed E-state index contributed by atoms with van der Waals surface area (Å²) in [7, 11) is 1.64. The molecule has 0 saturated carbocycles. The van der Waals surface area contributed by atoms with Crippen LogP contribution in [0.5, 0.6) is 17.2 Å². The van der Waals surface area contributed by atoms with E-state index in [2.05, 4.69) is 0 Å². The quantitative estimate of drug-likeness (QED) is 0.878. The van der Waals surface area contributed by atoms with Crippen LogP contribution < -0.4 is 15.2 Å². The molecule has 18 heavy (non-hydrogen) atoms. The molecule has 3 nitrogen and oxygen atoms in total. The lowest BCUT2D eigenvalue weighted by molar-refractivity contribution is 0.413. The van der Waals surface area contributed by atoms with Crippen LogP contribution in [0.15, 0.2) is 48.5 Å². The van der Waals surface area contributed by atoms with Gasteiger partial charge in [-0.05, 0) is 54.9 Å². The van der Waals surface area contributed by atoms with E-state index in [-0.39, 0.29) is 0 Å². The Morgan fingerprint density at radius 3 is 2.33 bits per heavy atom. The lowest BCUT2D eigenvalue weighted by atomic mass is 10.1. The highest BCUT2D eigenvalue weighted by Gasteiger charge is 1.99. The molecule has 0 aromatic heterocycles. The van der Waals surface area contributed by atoms with Gasteiger partial charge in [0, 0.05) is 0 Å². The molecule has 0 amide bonds. The van der Waals surface area contributed by atoms with Gasteiger partial charge in [0.2, 0.25) is 0 Å². The van der Waals surface area contributed by atoms with E-state index < -0.39 is 0 Å². The number of rotatable bonds is 5. The molecule has 3 heteroatoms. The van der Waals surface area contributed by atoms with Crippen LogP contribution >= 0.6 is 0 Å². The number of methoxy groups -OCH3 is 1. The summed E-state index contributed by atoms with van der Waals surface area (Å²) in [6.45, 7) is 0.645. The smallest absolute Gasteiger partial charge is 0.127 e. The maximum Gasteiger partial charge on any atom is 0.127 e. The molecule has 0 fully saturated rings. The largest absolute Gasteiger partial charge is 0.497 e. The van der Waals surface area contributed by atoms with Gasteiger partial charge < -0.3 is 15.2 Å². The molecule has 2 N–H and O–H groups in total. The van der Waals surface area contributed by atoms with Crippen LogP contribution in [0.1, 0.15) is 5.56 Å². The first-order chi connectivity index (χ1) is 8.81. The molecule has 0 spiro atoms.